The number of anilines is 1. The average molecular weight is 353 g/mol. The number of halogens is 3. The number of benzene rings is 1. The summed E-state index contributed by atoms with van der Waals surface area (Å²) in [7, 11) is 0. The molecule has 0 aliphatic carbocycles. The largest absolute Gasteiger partial charge is 0.339 e. The van der Waals surface area contributed by atoms with Gasteiger partial charge in [-0.3, -0.25) is 4.79 Å². The number of para-hydroxylation sites is 1. The van der Waals surface area contributed by atoms with Gasteiger partial charge in [-0.2, -0.15) is 0 Å². The molecule has 3 N–H and O–H groups in total. The Balaban J connectivity index is 2.67. The summed E-state index contributed by atoms with van der Waals surface area (Å²) >= 11 is 22.4. The van der Waals surface area contributed by atoms with Crippen molar-refractivity contribution in [1.82, 2.24) is 10.6 Å². The zero-order valence-electron chi connectivity index (χ0n) is 10.2. The van der Waals surface area contributed by atoms with Crippen molar-refractivity contribution in [3.63, 3.8) is 0 Å². The molecule has 0 bridgehead atoms. The number of rotatable bonds is 4. The minimum atomic E-state index is -1.78. The predicted octanol–water partition coefficient (Wildman–Crippen LogP) is 2.97. The number of carbonyl (C=O) groups excluding carboxylic acids is 1. The summed E-state index contributed by atoms with van der Waals surface area (Å²) in [4.78, 5) is 11.3. The van der Waals surface area contributed by atoms with E-state index in [1.807, 2.05) is 30.3 Å². The van der Waals surface area contributed by atoms with Crippen molar-refractivity contribution in [2.75, 3.05) is 5.32 Å². The van der Waals surface area contributed by atoms with Crippen LogP contribution in [0.2, 0.25) is 0 Å². The van der Waals surface area contributed by atoms with Crippen molar-refractivity contribution in [3.05, 3.63) is 43.0 Å². The quantitative estimate of drug-likeness (QED) is 0.337. The van der Waals surface area contributed by atoms with Gasteiger partial charge in [0.1, 0.15) is 6.17 Å². The number of carbonyl (C=O) groups is 1. The lowest BCUT2D eigenvalue weighted by Gasteiger charge is -2.27. The molecule has 0 radical (unpaired) electrons. The Morgan fingerprint density at radius 1 is 1.25 bits per heavy atom. The molecule has 0 aromatic heterocycles. The maximum absolute atomic E-state index is 11.3. The zero-order valence-corrected chi connectivity index (χ0v) is 13.3. The third-order valence-electron chi connectivity index (χ3n) is 2.11. The molecule has 8 heteroatoms. The summed E-state index contributed by atoms with van der Waals surface area (Å²) in [5, 5.41) is 8.26. The first-order chi connectivity index (χ1) is 9.32. The first kappa shape index (κ1) is 17.0. The number of thiocarbonyl (C=S) groups is 1. The highest BCUT2D eigenvalue weighted by molar-refractivity contribution is 7.80. The molecule has 0 aliphatic rings. The SMILES string of the molecule is C=CC(=O)N[C@@H](NC(=S)Nc1ccccc1)C(Cl)(Cl)Cl. The Morgan fingerprint density at radius 3 is 2.35 bits per heavy atom. The number of nitrogens with one attached hydrogen (secondary N) is 3. The molecule has 4 nitrogen and oxygen atoms in total. The second-order valence-electron chi connectivity index (χ2n) is 3.65. The van der Waals surface area contributed by atoms with Crippen LogP contribution in [0.3, 0.4) is 0 Å². The summed E-state index contributed by atoms with van der Waals surface area (Å²) in [6, 6.07) is 9.20. The summed E-state index contributed by atoms with van der Waals surface area (Å²) < 4.78 is -1.78. The van der Waals surface area contributed by atoms with E-state index in [1.54, 1.807) is 0 Å². The summed E-state index contributed by atoms with van der Waals surface area (Å²) in [6.45, 7) is 3.33. The van der Waals surface area contributed by atoms with E-state index in [0.717, 1.165) is 11.8 Å². The van der Waals surface area contributed by atoms with E-state index in [9.17, 15) is 4.79 Å². The van der Waals surface area contributed by atoms with E-state index in [2.05, 4.69) is 22.5 Å². The van der Waals surface area contributed by atoms with Crippen molar-refractivity contribution in [3.8, 4) is 0 Å². The average Bonchev–Trinajstić information content (AvgIpc) is 2.37. The van der Waals surface area contributed by atoms with Gasteiger partial charge in [-0.25, -0.2) is 0 Å². The highest BCUT2D eigenvalue weighted by Crippen LogP contribution is 2.29. The minimum absolute atomic E-state index is 0.205. The van der Waals surface area contributed by atoms with E-state index in [-0.39, 0.29) is 5.11 Å². The van der Waals surface area contributed by atoms with Crippen molar-refractivity contribution in [2.24, 2.45) is 0 Å². The third kappa shape index (κ3) is 5.96. The van der Waals surface area contributed by atoms with Gasteiger partial charge in [0.2, 0.25) is 9.70 Å². The highest BCUT2D eigenvalue weighted by atomic mass is 35.6. The summed E-state index contributed by atoms with van der Waals surface area (Å²) in [5.41, 5.74) is 0.767. The molecule has 0 spiro atoms. The van der Waals surface area contributed by atoms with E-state index in [4.69, 9.17) is 47.0 Å². The van der Waals surface area contributed by atoms with E-state index >= 15 is 0 Å². The number of amides is 1. The fourth-order valence-corrected chi connectivity index (χ4v) is 1.78. The Bertz CT molecular complexity index is 490. The van der Waals surface area contributed by atoms with Gasteiger partial charge in [-0.1, -0.05) is 59.6 Å². The topological polar surface area (TPSA) is 53.2 Å². The van der Waals surface area contributed by atoms with E-state index in [1.165, 1.54) is 0 Å². The predicted molar refractivity (Wildman–Crippen MR) is 88.2 cm³/mol. The molecule has 0 heterocycles. The summed E-state index contributed by atoms with van der Waals surface area (Å²) in [6.07, 6.45) is 0.0698. The minimum Gasteiger partial charge on any atom is -0.339 e. The first-order valence-electron chi connectivity index (χ1n) is 5.45. The van der Waals surface area contributed by atoms with Gasteiger partial charge in [0.25, 0.3) is 0 Å². The van der Waals surface area contributed by atoms with Crippen LogP contribution >= 0.6 is 47.0 Å². The van der Waals surface area contributed by atoms with Crippen LogP contribution in [0.15, 0.2) is 43.0 Å². The molecule has 1 amide bonds. The van der Waals surface area contributed by atoms with E-state index in [0.29, 0.717) is 0 Å². The van der Waals surface area contributed by atoms with Gasteiger partial charge in [-0.05, 0) is 30.4 Å². The lowest BCUT2D eigenvalue weighted by molar-refractivity contribution is -0.117. The standard InChI is InChI=1S/C12H12Cl3N3OS/c1-2-9(19)17-10(12(13,14)15)18-11(20)16-8-6-4-3-5-7-8/h2-7,10H,1H2,(H,17,19)(H2,16,18,20)/t10-/m0/s1. The smallest absolute Gasteiger partial charge is 0.245 e. The molecule has 108 valence electrons. The van der Waals surface area contributed by atoms with Crippen LogP contribution in [-0.2, 0) is 4.79 Å². The van der Waals surface area contributed by atoms with Crippen molar-refractivity contribution in [2.45, 2.75) is 9.96 Å². The molecular formula is C12H12Cl3N3OS. The highest BCUT2D eigenvalue weighted by Gasteiger charge is 2.34. The van der Waals surface area contributed by atoms with Crippen molar-refractivity contribution >= 4 is 63.7 Å². The fourth-order valence-electron chi connectivity index (χ4n) is 1.22. The van der Waals surface area contributed by atoms with Crippen molar-refractivity contribution < 1.29 is 4.79 Å². The Kier molecular flexibility index (Phi) is 6.55. The molecule has 0 fully saturated rings. The molecule has 0 saturated carbocycles. The fraction of sp³-hybridized carbons (Fsp3) is 0.167. The molecule has 0 unspecified atom stereocenters. The van der Waals surface area contributed by atoms with Gasteiger partial charge in [0.15, 0.2) is 5.11 Å². The Morgan fingerprint density at radius 2 is 1.85 bits per heavy atom. The molecule has 1 rings (SSSR count). The lowest BCUT2D eigenvalue weighted by atomic mass is 10.3. The molecule has 0 saturated heterocycles. The molecule has 1 atom stereocenters. The molecule has 1 aromatic rings. The maximum Gasteiger partial charge on any atom is 0.245 e. The molecular weight excluding hydrogens is 341 g/mol. The normalized spacial score (nSPS) is 12.2. The van der Waals surface area contributed by atoms with E-state index < -0.39 is 15.9 Å². The Hall–Kier alpha value is -1.01. The Labute approximate surface area is 137 Å². The second kappa shape index (κ2) is 7.69. The summed E-state index contributed by atoms with van der Waals surface area (Å²) in [5.74, 6) is -0.490. The molecule has 20 heavy (non-hydrogen) atoms. The van der Waals surface area contributed by atoms with Crippen LogP contribution < -0.4 is 16.0 Å². The van der Waals surface area contributed by atoms with Gasteiger partial charge in [0, 0.05) is 5.69 Å². The van der Waals surface area contributed by atoms with Crippen LogP contribution in [0, 0.1) is 0 Å². The lowest BCUT2D eigenvalue weighted by Crippen LogP contribution is -2.55. The first-order valence-corrected chi connectivity index (χ1v) is 6.99. The van der Waals surface area contributed by atoms with Crippen molar-refractivity contribution in [1.29, 1.82) is 0 Å². The third-order valence-corrected chi connectivity index (χ3v) is 2.98. The second-order valence-corrected chi connectivity index (χ2v) is 6.43. The van der Waals surface area contributed by atoms with Gasteiger partial charge >= 0.3 is 0 Å². The van der Waals surface area contributed by atoms with Gasteiger partial charge < -0.3 is 16.0 Å². The maximum atomic E-state index is 11.3. The number of alkyl halides is 3. The number of hydrogen-bond acceptors (Lipinski definition) is 2. The zero-order chi connectivity index (χ0) is 15.2. The van der Waals surface area contributed by atoms with Gasteiger partial charge in [0.05, 0.1) is 0 Å². The molecule has 1 aromatic carbocycles. The van der Waals surface area contributed by atoms with Crippen LogP contribution in [0.5, 0.6) is 0 Å². The van der Waals surface area contributed by atoms with Crippen LogP contribution in [0.1, 0.15) is 0 Å². The van der Waals surface area contributed by atoms with Crippen LogP contribution in [0.25, 0.3) is 0 Å². The molecule has 0 aliphatic heterocycles. The monoisotopic (exact) mass is 351 g/mol. The van der Waals surface area contributed by atoms with Crippen LogP contribution in [0.4, 0.5) is 5.69 Å². The number of hydrogen-bond donors (Lipinski definition) is 3. The van der Waals surface area contributed by atoms with Gasteiger partial charge in [-0.15, -0.1) is 0 Å². The van der Waals surface area contributed by atoms with Crippen LogP contribution in [-0.4, -0.2) is 21.0 Å².